The number of carbonyl (C=O) groups is 2. The van der Waals surface area contributed by atoms with Gasteiger partial charge in [0.15, 0.2) is 11.6 Å². The molecule has 1 aliphatic carbocycles. The van der Waals surface area contributed by atoms with Crippen LogP contribution in [0.3, 0.4) is 0 Å². The SMILES string of the molecule is CC1=C(C)C(=O)c2cc(CCCC(C)CCCC(C)CCCC(C)C)ccc2C1=O. The lowest BCUT2D eigenvalue weighted by atomic mass is 9.84. The molecule has 0 bridgehead atoms. The monoisotopic (exact) mass is 410 g/mol. The van der Waals surface area contributed by atoms with Gasteiger partial charge in [-0.1, -0.05) is 84.8 Å². The van der Waals surface area contributed by atoms with Crippen LogP contribution in [0.4, 0.5) is 0 Å². The second kappa shape index (κ2) is 11.6. The van der Waals surface area contributed by atoms with Crippen LogP contribution < -0.4 is 0 Å². The molecule has 2 rings (SSSR count). The summed E-state index contributed by atoms with van der Waals surface area (Å²) < 4.78 is 0. The Balaban J connectivity index is 1.72. The molecular formula is C28H42O2. The molecule has 166 valence electrons. The number of fused-ring (bicyclic) bond motifs is 1. The minimum atomic E-state index is 0.000654. The molecule has 0 spiro atoms. The van der Waals surface area contributed by atoms with E-state index in [1.54, 1.807) is 13.8 Å². The van der Waals surface area contributed by atoms with E-state index in [0.717, 1.165) is 30.6 Å². The molecule has 0 aliphatic heterocycles. The van der Waals surface area contributed by atoms with Crippen molar-refractivity contribution in [2.24, 2.45) is 17.8 Å². The van der Waals surface area contributed by atoms with Gasteiger partial charge in [0.05, 0.1) is 0 Å². The van der Waals surface area contributed by atoms with Crippen LogP contribution in [0.2, 0.25) is 0 Å². The van der Waals surface area contributed by atoms with Gasteiger partial charge in [0.25, 0.3) is 0 Å². The number of benzene rings is 1. The topological polar surface area (TPSA) is 34.1 Å². The predicted octanol–water partition coefficient (Wildman–Crippen LogP) is 7.99. The Kier molecular flexibility index (Phi) is 9.52. The first kappa shape index (κ1) is 24.6. The zero-order valence-corrected chi connectivity index (χ0v) is 20.1. The van der Waals surface area contributed by atoms with Crippen molar-refractivity contribution in [1.82, 2.24) is 0 Å². The van der Waals surface area contributed by atoms with E-state index in [2.05, 4.69) is 27.7 Å². The average Bonchev–Trinajstić information content (AvgIpc) is 2.70. The summed E-state index contributed by atoms with van der Waals surface area (Å²) >= 11 is 0. The number of aryl methyl sites for hydroxylation is 1. The van der Waals surface area contributed by atoms with E-state index in [1.165, 1.54) is 50.5 Å². The lowest BCUT2D eigenvalue weighted by Crippen LogP contribution is -2.19. The van der Waals surface area contributed by atoms with Crippen molar-refractivity contribution in [2.75, 3.05) is 0 Å². The second-order valence-corrected chi connectivity index (χ2v) is 10.1. The lowest BCUT2D eigenvalue weighted by molar-refractivity contribution is 0.0975. The van der Waals surface area contributed by atoms with Gasteiger partial charge in [0.2, 0.25) is 0 Å². The van der Waals surface area contributed by atoms with Crippen LogP contribution >= 0.6 is 0 Å². The van der Waals surface area contributed by atoms with Gasteiger partial charge in [-0.3, -0.25) is 9.59 Å². The summed E-state index contributed by atoms with van der Waals surface area (Å²) in [7, 11) is 0. The molecule has 0 heterocycles. The van der Waals surface area contributed by atoms with Crippen molar-refractivity contribution >= 4 is 11.6 Å². The zero-order chi connectivity index (χ0) is 22.3. The van der Waals surface area contributed by atoms with Crippen molar-refractivity contribution < 1.29 is 9.59 Å². The van der Waals surface area contributed by atoms with Crippen molar-refractivity contribution in [1.29, 1.82) is 0 Å². The van der Waals surface area contributed by atoms with E-state index in [-0.39, 0.29) is 11.6 Å². The highest BCUT2D eigenvalue weighted by atomic mass is 16.1. The summed E-state index contributed by atoms with van der Waals surface area (Å²) in [5, 5.41) is 0. The predicted molar refractivity (Wildman–Crippen MR) is 127 cm³/mol. The highest BCUT2D eigenvalue weighted by Gasteiger charge is 2.27. The molecular weight excluding hydrogens is 368 g/mol. The van der Waals surface area contributed by atoms with Gasteiger partial charge < -0.3 is 0 Å². The Morgan fingerprint density at radius 2 is 1.17 bits per heavy atom. The van der Waals surface area contributed by atoms with Crippen LogP contribution in [-0.2, 0) is 6.42 Å². The third-order valence-corrected chi connectivity index (χ3v) is 6.85. The summed E-state index contributed by atoms with van der Waals surface area (Å²) in [6, 6.07) is 5.83. The molecule has 0 saturated heterocycles. The lowest BCUT2D eigenvalue weighted by Gasteiger charge is -2.18. The van der Waals surface area contributed by atoms with Crippen LogP contribution in [0.15, 0.2) is 29.3 Å². The first-order valence-electron chi connectivity index (χ1n) is 12.1. The van der Waals surface area contributed by atoms with Gasteiger partial charge in [-0.05, 0) is 56.1 Å². The molecule has 2 unspecified atom stereocenters. The third-order valence-electron chi connectivity index (χ3n) is 6.85. The molecule has 1 aromatic rings. The smallest absolute Gasteiger partial charge is 0.189 e. The first-order chi connectivity index (χ1) is 14.2. The molecule has 0 N–H and O–H groups in total. The van der Waals surface area contributed by atoms with Gasteiger partial charge in [0, 0.05) is 22.3 Å². The minimum Gasteiger partial charge on any atom is -0.289 e. The first-order valence-corrected chi connectivity index (χ1v) is 12.1. The molecule has 0 radical (unpaired) electrons. The largest absolute Gasteiger partial charge is 0.289 e. The molecule has 0 aromatic heterocycles. The summed E-state index contributed by atoms with van der Waals surface area (Å²) in [5.74, 6) is 2.45. The van der Waals surface area contributed by atoms with Crippen LogP contribution in [0.1, 0.15) is 119 Å². The Bertz CT molecular complexity index is 769. The Morgan fingerprint density at radius 3 is 1.73 bits per heavy atom. The number of hydrogen-bond acceptors (Lipinski definition) is 2. The normalized spacial score (nSPS) is 16.2. The van der Waals surface area contributed by atoms with E-state index in [1.807, 2.05) is 18.2 Å². The summed E-state index contributed by atoms with van der Waals surface area (Å²) in [6.07, 6.45) is 11.5. The van der Waals surface area contributed by atoms with Crippen LogP contribution in [0.25, 0.3) is 0 Å². The maximum absolute atomic E-state index is 12.6. The van der Waals surface area contributed by atoms with Crippen LogP contribution in [-0.4, -0.2) is 11.6 Å². The Labute approximate surface area is 184 Å². The second-order valence-electron chi connectivity index (χ2n) is 10.1. The summed E-state index contributed by atoms with van der Waals surface area (Å²) in [4.78, 5) is 25.0. The molecule has 2 heteroatoms. The van der Waals surface area contributed by atoms with E-state index in [4.69, 9.17) is 0 Å². The summed E-state index contributed by atoms with van der Waals surface area (Å²) in [5.41, 5.74) is 3.52. The molecule has 0 saturated carbocycles. The number of rotatable bonds is 12. The zero-order valence-electron chi connectivity index (χ0n) is 20.1. The number of allylic oxidation sites excluding steroid dienone is 2. The van der Waals surface area contributed by atoms with Crippen molar-refractivity contribution in [3.8, 4) is 0 Å². The number of hydrogen-bond donors (Lipinski definition) is 0. The maximum Gasteiger partial charge on any atom is 0.189 e. The van der Waals surface area contributed by atoms with Crippen LogP contribution in [0, 0.1) is 17.8 Å². The van der Waals surface area contributed by atoms with E-state index >= 15 is 0 Å². The van der Waals surface area contributed by atoms with E-state index < -0.39 is 0 Å². The van der Waals surface area contributed by atoms with Gasteiger partial charge >= 0.3 is 0 Å². The standard InChI is InChI=1S/C28H42O2/c1-19(2)10-7-11-20(3)12-8-13-21(4)14-9-15-24-16-17-25-26(18-24)28(30)23(6)22(5)27(25)29/h16-21H,7-15H2,1-6H3. The highest BCUT2D eigenvalue weighted by molar-refractivity contribution is 6.26. The van der Waals surface area contributed by atoms with E-state index in [9.17, 15) is 9.59 Å². The average molecular weight is 411 g/mol. The van der Waals surface area contributed by atoms with Gasteiger partial charge in [0.1, 0.15) is 0 Å². The molecule has 2 atom stereocenters. The minimum absolute atomic E-state index is 0.000654. The summed E-state index contributed by atoms with van der Waals surface area (Å²) in [6.45, 7) is 12.9. The van der Waals surface area contributed by atoms with Crippen molar-refractivity contribution in [3.05, 3.63) is 46.0 Å². The molecule has 0 amide bonds. The van der Waals surface area contributed by atoms with Gasteiger partial charge in [-0.2, -0.15) is 0 Å². The molecule has 0 fully saturated rings. The van der Waals surface area contributed by atoms with Crippen LogP contribution in [0.5, 0.6) is 0 Å². The van der Waals surface area contributed by atoms with Gasteiger partial charge in [-0.15, -0.1) is 0 Å². The molecule has 2 nitrogen and oxygen atoms in total. The van der Waals surface area contributed by atoms with Crippen molar-refractivity contribution in [2.45, 2.75) is 99.3 Å². The fourth-order valence-electron chi connectivity index (χ4n) is 4.51. The van der Waals surface area contributed by atoms with Gasteiger partial charge in [-0.25, -0.2) is 0 Å². The molecule has 1 aliphatic rings. The Hall–Kier alpha value is -1.70. The van der Waals surface area contributed by atoms with Crippen molar-refractivity contribution in [3.63, 3.8) is 0 Å². The quantitative estimate of drug-likeness (QED) is 0.350. The number of Topliss-reactive ketones (excluding diaryl/α,β-unsaturated/α-hetero) is 2. The number of ketones is 2. The van der Waals surface area contributed by atoms with E-state index in [0.29, 0.717) is 22.3 Å². The molecule has 30 heavy (non-hydrogen) atoms. The number of carbonyl (C=O) groups excluding carboxylic acids is 2. The third kappa shape index (κ3) is 6.93. The molecule has 1 aromatic carbocycles. The maximum atomic E-state index is 12.6. The fourth-order valence-corrected chi connectivity index (χ4v) is 4.51. The highest BCUT2D eigenvalue weighted by Crippen LogP contribution is 2.27. The fraction of sp³-hybridized carbons (Fsp3) is 0.643. The Morgan fingerprint density at radius 1 is 0.667 bits per heavy atom.